The van der Waals surface area contributed by atoms with Crippen LogP contribution in [0, 0.1) is 16.6 Å². The maximum atomic E-state index is 5.29. The van der Waals surface area contributed by atoms with Crippen LogP contribution < -0.4 is 4.90 Å². The fraction of sp³-hybridized carbons (Fsp3) is 0.846. The largest absolute Gasteiger partial charge is 0.341 e. The fourth-order valence-electron chi connectivity index (χ4n) is 2.74. The molecule has 1 saturated heterocycles. The van der Waals surface area contributed by atoms with Gasteiger partial charge < -0.3 is 4.90 Å². The first-order valence-corrected chi connectivity index (χ1v) is 7.44. The first-order chi connectivity index (χ1) is 8.63. The maximum Gasteiger partial charge on any atom is 0.225 e. The van der Waals surface area contributed by atoms with Crippen LogP contribution in [0.1, 0.15) is 40.0 Å². The topological polar surface area (TPSA) is 36.9 Å². The Morgan fingerprint density at radius 1 is 1.39 bits per heavy atom. The van der Waals surface area contributed by atoms with Crippen molar-refractivity contribution in [3.63, 3.8) is 0 Å². The Labute approximate surface area is 114 Å². The van der Waals surface area contributed by atoms with Crippen LogP contribution in [-0.4, -0.2) is 27.9 Å². The molecule has 1 N–H and O–H groups in total. The molecule has 0 atom stereocenters. The summed E-state index contributed by atoms with van der Waals surface area (Å²) in [5.41, 5.74) is 0. The van der Waals surface area contributed by atoms with Gasteiger partial charge in [0.2, 0.25) is 5.95 Å². The zero-order chi connectivity index (χ0) is 13.1. The summed E-state index contributed by atoms with van der Waals surface area (Å²) in [5.74, 6) is 2.69. The van der Waals surface area contributed by atoms with Crippen LogP contribution >= 0.6 is 12.2 Å². The highest BCUT2D eigenvalue weighted by atomic mass is 32.1. The zero-order valence-electron chi connectivity index (χ0n) is 11.6. The van der Waals surface area contributed by atoms with Crippen molar-refractivity contribution in [1.82, 2.24) is 14.8 Å². The van der Waals surface area contributed by atoms with Crippen LogP contribution in [0.25, 0.3) is 0 Å². The van der Waals surface area contributed by atoms with Gasteiger partial charge in [0.15, 0.2) is 4.77 Å². The minimum Gasteiger partial charge on any atom is -0.341 e. The van der Waals surface area contributed by atoms with E-state index in [9.17, 15) is 0 Å². The molecule has 0 aliphatic carbocycles. The molecule has 102 valence electrons. The standard InChI is InChI=1S/C13H24N4S/c1-4-7-17-12(14-15-13(17)18)16-8-5-11(6-9-16)10(2)3/h10-11H,4-9H2,1-3H3,(H,15,18). The molecular weight excluding hydrogens is 244 g/mol. The van der Waals surface area contributed by atoms with E-state index in [1.807, 2.05) is 0 Å². The van der Waals surface area contributed by atoms with Crippen molar-refractivity contribution in [2.24, 2.45) is 11.8 Å². The minimum absolute atomic E-state index is 0.748. The first-order valence-electron chi connectivity index (χ1n) is 7.03. The molecular formula is C13H24N4S. The van der Waals surface area contributed by atoms with Gasteiger partial charge in [0.25, 0.3) is 0 Å². The van der Waals surface area contributed by atoms with Gasteiger partial charge in [-0.25, -0.2) is 5.10 Å². The van der Waals surface area contributed by atoms with E-state index < -0.39 is 0 Å². The number of H-pyrrole nitrogens is 1. The second kappa shape index (κ2) is 5.87. The smallest absolute Gasteiger partial charge is 0.225 e. The predicted octanol–water partition coefficient (Wildman–Crippen LogP) is 3.22. The third-order valence-electron chi connectivity index (χ3n) is 3.95. The lowest BCUT2D eigenvalue weighted by Gasteiger charge is -2.34. The SMILES string of the molecule is CCCn1c(N2CCC(C(C)C)CC2)n[nH]c1=S. The molecule has 0 bridgehead atoms. The average Bonchev–Trinajstić information content (AvgIpc) is 2.72. The summed E-state index contributed by atoms with van der Waals surface area (Å²) in [5, 5.41) is 7.33. The third-order valence-corrected chi connectivity index (χ3v) is 4.26. The van der Waals surface area contributed by atoms with Crippen molar-refractivity contribution in [2.75, 3.05) is 18.0 Å². The molecule has 0 unspecified atom stereocenters. The van der Waals surface area contributed by atoms with Gasteiger partial charge in [-0.05, 0) is 43.3 Å². The summed E-state index contributed by atoms with van der Waals surface area (Å²) >= 11 is 5.29. The number of nitrogens with one attached hydrogen (secondary N) is 1. The summed E-state index contributed by atoms with van der Waals surface area (Å²) < 4.78 is 2.88. The molecule has 0 aromatic carbocycles. The lowest BCUT2D eigenvalue weighted by molar-refractivity contribution is 0.308. The highest BCUT2D eigenvalue weighted by Crippen LogP contribution is 2.27. The van der Waals surface area contributed by atoms with Crippen molar-refractivity contribution >= 4 is 18.2 Å². The van der Waals surface area contributed by atoms with Gasteiger partial charge in [-0.3, -0.25) is 4.57 Å². The number of anilines is 1. The number of nitrogens with zero attached hydrogens (tertiary/aromatic N) is 3. The van der Waals surface area contributed by atoms with Gasteiger partial charge in [0.1, 0.15) is 0 Å². The molecule has 1 aliphatic heterocycles. The maximum absolute atomic E-state index is 5.29. The Morgan fingerprint density at radius 3 is 2.61 bits per heavy atom. The van der Waals surface area contributed by atoms with E-state index in [1.165, 1.54) is 12.8 Å². The number of aromatic nitrogens is 3. The van der Waals surface area contributed by atoms with Crippen LogP contribution in [0.15, 0.2) is 0 Å². The lowest BCUT2D eigenvalue weighted by Crippen LogP contribution is -2.37. The average molecular weight is 268 g/mol. The fourth-order valence-corrected chi connectivity index (χ4v) is 2.96. The van der Waals surface area contributed by atoms with Crippen molar-refractivity contribution in [1.29, 1.82) is 0 Å². The van der Waals surface area contributed by atoms with E-state index in [2.05, 4.69) is 40.4 Å². The molecule has 1 aliphatic rings. The Kier molecular flexibility index (Phi) is 4.43. The lowest BCUT2D eigenvalue weighted by atomic mass is 9.87. The Hall–Kier alpha value is -0.840. The van der Waals surface area contributed by atoms with Crippen LogP contribution in [-0.2, 0) is 6.54 Å². The molecule has 1 aromatic rings. The molecule has 0 saturated carbocycles. The van der Waals surface area contributed by atoms with E-state index in [0.29, 0.717) is 0 Å². The van der Waals surface area contributed by atoms with Gasteiger partial charge in [0, 0.05) is 19.6 Å². The van der Waals surface area contributed by atoms with Crippen LogP contribution in [0.4, 0.5) is 5.95 Å². The number of hydrogen-bond acceptors (Lipinski definition) is 3. The molecule has 18 heavy (non-hydrogen) atoms. The van der Waals surface area contributed by atoms with Gasteiger partial charge in [-0.15, -0.1) is 5.10 Å². The summed E-state index contributed by atoms with van der Waals surface area (Å²) in [6.45, 7) is 9.98. The second-order valence-electron chi connectivity index (χ2n) is 5.55. The number of hydrogen-bond donors (Lipinski definition) is 1. The number of rotatable bonds is 4. The Bertz CT molecular complexity index is 426. The summed E-state index contributed by atoms with van der Waals surface area (Å²) in [6.07, 6.45) is 3.62. The van der Waals surface area contributed by atoms with Crippen LogP contribution in [0.2, 0.25) is 0 Å². The number of aromatic amines is 1. The van der Waals surface area contributed by atoms with Crippen molar-refractivity contribution in [3.05, 3.63) is 4.77 Å². The van der Waals surface area contributed by atoms with E-state index in [-0.39, 0.29) is 0 Å². The number of piperidine rings is 1. The Morgan fingerprint density at radius 2 is 2.06 bits per heavy atom. The predicted molar refractivity (Wildman–Crippen MR) is 77.5 cm³/mol. The molecule has 0 amide bonds. The van der Waals surface area contributed by atoms with E-state index in [4.69, 9.17) is 12.2 Å². The van der Waals surface area contributed by atoms with Crippen molar-refractivity contribution in [2.45, 2.75) is 46.6 Å². The first kappa shape index (κ1) is 13.6. The summed E-state index contributed by atoms with van der Waals surface area (Å²) in [6, 6.07) is 0. The van der Waals surface area contributed by atoms with E-state index >= 15 is 0 Å². The molecule has 4 nitrogen and oxygen atoms in total. The molecule has 0 spiro atoms. The summed E-state index contributed by atoms with van der Waals surface area (Å²) in [7, 11) is 0. The van der Waals surface area contributed by atoms with Crippen LogP contribution in [0.3, 0.4) is 0 Å². The van der Waals surface area contributed by atoms with Gasteiger partial charge in [0.05, 0.1) is 0 Å². The second-order valence-corrected chi connectivity index (χ2v) is 5.94. The third kappa shape index (κ3) is 2.76. The van der Waals surface area contributed by atoms with Crippen molar-refractivity contribution in [3.8, 4) is 0 Å². The quantitative estimate of drug-likeness (QED) is 0.852. The van der Waals surface area contributed by atoms with E-state index in [1.54, 1.807) is 0 Å². The van der Waals surface area contributed by atoms with Gasteiger partial charge in [-0.1, -0.05) is 20.8 Å². The van der Waals surface area contributed by atoms with Gasteiger partial charge >= 0.3 is 0 Å². The monoisotopic (exact) mass is 268 g/mol. The molecule has 2 heterocycles. The minimum atomic E-state index is 0.748. The van der Waals surface area contributed by atoms with Gasteiger partial charge in [-0.2, -0.15) is 0 Å². The highest BCUT2D eigenvalue weighted by Gasteiger charge is 2.24. The van der Waals surface area contributed by atoms with Crippen LogP contribution in [0.5, 0.6) is 0 Å². The molecule has 1 aromatic heterocycles. The molecule has 5 heteroatoms. The Balaban J connectivity index is 2.07. The van der Waals surface area contributed by atoms with E-state index in [0.717, 1.165) is 48.6 Å². The molecule has 2 rings (SSSR count). The zero-order valence-corrected chi connectivity index (χ0v) is 12.5. The van der Waals surface area contributed by atoms with Crippen molar-refractivity contribution < 1.29 is 0 Å². The molecule has 0 radical (unpaired) electrons. The normalized spacial score (nSPS) is 17.7. The highest BCUT2D eigenvalue weighted by molar-refractivity contribution is 7.71. The summed E-state index contributed by atoms with van der Waals surface area (Å²) in [4.78, 5) is 2.38. The molecule has 1 fully saturated rings.